The number of anilines is 1. The maximum atomic E-state index is 13.6. The number of pyridine rings is 1. The molecule has 0 bridgehead atoms. The lowest BCUT2D eigenvalue weighted by Gasteiger charge is -2.28. The molecular formula is C24H17IN4O3. The molecule has 7 nitrogen and oxygen atoms in total. The Bertz CT molecular complexity index is 1390. The summed E-state index contributed by atoms with van der Waals surface area (Å²) in [5, 5.41) is 4.48. The molecule has 0 atom stereocenters. The predicted molar refractivity (Wildman–Crippen MR) is 129 cm³/mol. The van der Waals surface area contributed by atoms with Crippen molar-refractivity contribution < 1.29 is 9.59 Å². The van der Waals surface area contributed by atoms with Gasteiger partial charge in [0, 0.05) is 58.3 Å². The van der Waals surface area contributed by atoms with Crippen molar-refractivity contribution in [2.24, 2.45) is 0 Å². The van der Waals surface area contributed by atoms with Crippen LogP contribution in [0.3, 0.4) is 0 Å². The van der Waals surface area contributed by atoms with Gasteiger partial charge in [0.2, 0.25) is 3.79 Å². The summed E-state index contributed by atoms with van der Waals surface area (Å²) >= 11 is 1.72. The number of aromatic nitrogens is 3. The van der Waals surface area contributed by atoms with E-state index in [0.717, 1.165) is 17.1 Å². The van der Waals surface area contributed by atoms with Gasteiger partial charge in [-0.2, -0.15) is 5.10 Å². The average molecular weight is 536 g/mol. The maximum Gasteiger partial charge on any atom is 0.277 e. The van der Waals surface area contributed by atoms with Crippen LogP contribution in [0.1, 0.15) is 26.5 Å². The van der Waals surface area contributed by atoms with Crippen molar-refractivity contribution in [2.45, 2.75) is 6.42 Å². The van der Waals surface area contributed by atoms with Gasteiger partial charge in [-0.3, -0.25) is 19.0 Å². The zero-order chi connectivity index (χ0) is 22.2. The highest BCUT2D eigenvalue weighted by atomic mass is 127. The minimum Gasteiger partial charge on any atom is -0.307 e. The van der Waals surface area contributed by atoms with Crippen molar-refractivity contribution in [1.82, 2.24) is 14.3 Å². The highest BCUT2D eigenvalue weighted by Gasteiger charge is 2.34. The summed E-state index contributed by atoms with van der Waals surface area (Å²) in [7, 11) is 0. The van der Waals surface area contributed by atoms with E-state index in [1.165, 1.54) is 6.07 Å². The van der Waals surface area contributed by atoms with Crippen molar-refractivity contribution in [3.05, 3.63) is 106 Å². The maximum absolute atomic E-state index is 13.6. The third-order valence-electron chi connectivity index (χ3n) is 5.47. The number of amides is 1. The second-order valence-electron chi connectivity index (χ2n) is 7.33. The first kappa shape index (κ1) is 20.4. The van der Waals surface area contributed by atoms with E-state index < -0.39 is 0 Å². The number of para-hydroxylation sites is 1. The Labute approximate surface area is 197 Å². The van der Waals surface area contributed by atoms with Gasteiger partial charge in [-0.15, -0.1) is 0 Å². The molecule has 0 unspecified atom stereocenters. The van der Waals surface area contributed by atoms with Crippen LogP contribution >= 0.6 is 22.6 Å². The normalized spacial score (nSPS) is 13.2. The third kappa shape index (κ3) is 3.46. The van der Waals surface area contributed by atoms with E-state index in [1.54, 1.807) is 55.1 Å². The number of halogens is 1. The molecule has 4 aromatic rings. The van der Waals surface area contributed by atoms with Crippen LogP contribution in [-0.2, 0) is 6.42 Å². The van der Waals surface area contributed by atoms with Gasteiger partial charge in [0.15, 0.2) is 0 Å². The Hall–Kier alpha value is -3.53. The second kappa shape index (κ2) is 8.19. The molecule has 1 amide bonds. The molecule has 0 radical (unpaired) electrons. The van der Waals surface area contributed by atoms with Gasteiger partial charge in [-0.05, 0) is 48.9 Å². The first-order valence-corrected chi connectivity index (χ1v) is 11.1. The summed E-state index contributed by atoms with van der Waals surface area (Å²) in [5.74, 6) is -0.212. The molecule has 1 aliphatic rings. The van der Waals surface area contributed by atoms with Gasteiger partial charge < -0.3 is 4.90 Å². The first-order chi connectivity index (χ1) is 15.5. The SMILES string of the molecule is O=C(I)c1nn(-c2ccccc2)c2c1CCN(c1ccc(-n3ccccc3=O)cc1)C2=O. The number of carbonyl (C=O) groups is 2. The zero-order valence-electron chi connectivity index (χ0n) is 16.8. The molecule has 2 aromatic carbocycles. The second-order valence-corrected chi connectivity index (χ2v) is 8.31. The fourth-order valence-electron chi connectivity index (χ4n) is 3.95. The van der Waals surface area contributed by atoms with Crippen molar-refractivity contribution in [3.8, 4) is 11.4 Å². The smallest absolute Gasteiger partial charge is 0.277 e. The Balaban J connectivity index is 1.54. The third-order valence-corrected chi connectivity index (χ3v) is 5.98. The number of rotatable bonds is 4. The Morgan fingerprint density at radius 1 is 0.844 bits per heavy atom. The van der Waals surface area contributed by atoms with Crippen molar-refractivity contribution >= 4 is 38.0 Å². The molecule has 0 aliphatic carbocycles. The first-order valence-electron chi connectivity index (χ1n) is 10.0. The van der Waals surface area contributed by atoms with Gasteiger partial charge >= 0.3 is 0 Å². The molecule has 0 spiro atoms. The summed E-state index contributed by atoms with van der Waals surface area (Å²) in [6.45, 7) is 0.438. The number of carbonyl (C=O) groups excluding carboxylic acids is 2. The molecule has 32 heavy (non-hydrogen) atoms. The van der Waals surface area contributed by atoms with Crippen molar-refractivity contribution in [1.29, 1.82) is 0 Å². The van der Waals surface area contributed by atoms with Crippen LogP contribution < -0.4 is 10.5 Å². The molecule has 0 N–H and O–H groups in total. The van der Waals surface area contributed by atoms with Gasteiger partial charge in [-0.1, -0.05) is 24.3 Å². The summed E-state index contributed by atoms with van der Waals surface area (Å²) < 4.78 is 2.92. The standard InChI is InChI=1S/C24H17IN4O3/c25-23(31)21-19-13-15-28(24(32)22(19)29(26-21)18-6-2-1-3-7-18)17-11-9-16(10-12-17)27-14-5-4-8-20(27)30/h1-12,14H,13,15H2. The number of fused-ring (bicyclic) bond motifs is 1. The lowest BCUT2D eigenvalue weighted by Crippen LogP contribution is -2.39. The largest absolute Gasteiger partial charge is 0.307 e. The van der Waals surface area contributed by atoms with E-state index in [4.69, 9.17) is 0 Å². The molecule has 0 fully saturated rings. The van der Waals surface area contributed by atoms with E-state index in [9.17, 15) is 14.4 Å². The Morgan fingerprint density at radius 3 is 2.22 bits per heavy atom. The van der Waals surface area contributed by atoms with Crippen LogP contribution in [0.2, 0.25) is 0 Å². The van der Waals surface area contributed by atoms with Crippen LogP contribution in [0.5, 0.6) is 0 Å². The van der Waals surface area contributed by atoms with E-state index in [-0.39, 0.29) is 15.3 Å². The van der Waals surface area contributed by atoms with Crippen LogP contribution in [0, 0.1) is 0 Å². The molecule has 0 saturated heterocycles. The molecule has 158 valence electrons. The van der Waals surface area contributed by atoms with Gasteiger partial charge in [0.05, 0.1) is 5.69 Å². The summed E-state index contributed by atoms with van der Waals surface area (Å²) in [6.07, 6.45) is 2.23. The minimum absolute atomic E-state index is 0.123. The van der Waals surface area contributed by atoms with Crippen LogP contribution in [-0.4, -0.2) is 30.6 Å². The highest BCUT2D eigenvalue weighted by molar-refractivity contribution is 14.1. The summed E-state index contributed by atoms with van der Waals surface area (Å²) in [5.41, 5.74) is 3.46. The average Bonchev–Trinajstić information content (AvgIpc) is 3.22. The molecule has 1 aliphatic heterocycles. The van der Waals surface area contributed by atoms with Gasteiger partial charge in [0.1, 0.15) is 11.4 Å². The van der Waals surface area contributed by atoms with Crippen LogP contribution in [0.25, 0.3) is 11.4 Å². The molecular weight excluding hydrogens is 519 g/mol. The lowest BCUT2D eigenvalue weighted by molar-refractivity contribution is 0.0973. The fourth-order valence-corrected chi connectivity index (χ4v) is 4.39. The van der Waals surface area contributed by atoms with E-state index >= 15 is 0 Å². The minimum atomic E-state index is -0.212. The fraction of sp³-hybridized carbons (Fsp3) is 0.0833. The molecule has 5 rings (SSSR count). The Morgan fingerprint density at radius 2 is 1.53 bits per heavy atom. The lowest BCUT2D eigenvalue weighted by atomic mass is 10.0. The van der Waals surface area contributed by atoms with Crippen molar-refractivity contribution in [3.63, 3.8) is 0 Å². The van der Waals surface area contributed by atoms with E-state index in [0.29, 0.717) is 29.9 Å². The topological polar surface area (TPSA) is 77.2 Å². The summed E-state index contributed by atoms with van der Waals surface area (Å²) in [6, 6.07) is 21.6. The zero-order valence-corrected chi connectivity index (χ0v) is 19.0. The predicted octanol–water partition coefficient (Wildman–Crippen LogP) is 3.80. The number of hydrogen-bond donors (Lipinski definition) is 0. The number of hydrogen-bond acceptors (Lipinski definition) is 4. The van der Waals surface area contributed by atoms with Crippen molar-refractivity contribution in [2.75, 3.05) is 11.4 Å². The molecule has 0 saturated carbocycles. The van der Waals surface area contributed by atoms with E-state index in [1.807, 2.05) is 54.6 Å². The Kier molecular flexibility index (Phi) is 5.22. The number of nitrogens with zero attached hydrogens (tertiary/aromatic N) is 4. The monoisotopic (exact) mass is 536 g/mol. The van der Waals surface area contributed by atoms with Crippen LogP contribution in [0.15, 0.2) is 83.8 Å². The molecule has 2 aromatic heterocycles. The quantitative estimate of drug-likeness (QED) is 0.294. The molecule has 3 heterocycles. The highest BCUT2D eigenvalue weighted by Crippen LogP contribution is 2.30. The van der Waals surface area contributed by atoms with Crippen LogP contribution in [0.4, 0.5) is 5.69 Å². The summed E-state index contributed by atoms with van der Waals surface area (Å²) in [4.78, 5) is 39.5. The molecule has 8 heteroatoms. The van der Waals surface area contributed by atoms with Gasteiger partial charge in [0.25, 0.3) is 11.5 Å². The van der Waals surface area contributed by atoms with E-state index in [2.05, 4.69) is 5.10 Å². The number of benzene rings is 2. The van der Waals surface area contributed by atoms with Gasteiger partial charge in [-0.25, -0.2) is 4.68 Å².